The minimum Gasteiger partial charge on any atom is -0.391 e. The van der Waals surface area contributed by atoms with Gasteiger partial charge in [-0.25, -0.2) is 0 Å². The minimum atomic E-state index is 0.130. The molecule has 3 heteroatoms. The topological polar surface area (TPSA) is 46.2 Å². The quantitative estimate of drug-likeness (QED) is 0.765. The summed E-state index contributed by atoms with van der Waals surface area (Å²) in [4.78, 5) is 1.00. The fraction of sp³-hybridized carbons (Fsp3) is 0.600. The lowest BCUT2D eigenvalue weighted by Crippen LogP contribution is -2.08. The summed E-state index contributed by atoms with van der Waals surface area (Å²) in [5.41, 5.74) is 7.14. The Morgan fingerprint density at radius 1 is 1.62 bits per heavy atom. The van der Waals surface area contributed by atoms with Crippen molar-refractivity contribution in [2.24, 2.45) is 5.73 Å². The molecule has 0 fully saturated rings. The van der Waals surface area contributed by atoms with Gasteiger partial charge < -0.3 is 10.8 Å². The van der Waals surface area contributed by atoms with E-state index in [4.69, 9.17) is 10.8 Å². The molecule has 0 bridgehead atoms. The first-order valence-corrected chi connectivity index (χ1v) is 5.59. The van der Waals surface area contributed by atoms with E-state index in [0.29, 0.717) is 0 Å². The van der Waals surface area contributed by atoms with Crippen LogP contribution in [0.3, 0.4) is 0 Å². The molecule has 13 heavy (non-hydrogen) atoms. The van der Waals surface area contributed by atoms with Gasteiger partial charge in [0.15, 0.2) is 0 Å². The molecule has 3 N–H and O–H groups in total. The molecule has 0 spiro atoms. The molecule has 1 rings (SSSR count). The van der Waals surface area contributed by atoms with E-state index in [9.17, 15) is 0 Å². The number of thiophene rings is 1. The predicted octanol–water partition coefficient (Wildman–Crippen LogP) is 2.43. The number of hydrogen-bond acceptors (Lipinski definition) is 3. The van der Waals surface area contributed by atoms with Gasteiger partial charge in [0.05, 0.1) is 6.61 Å². The third-order valence-corrected chi connectivity index (χ3v) is 3.07. The molecule has 0 aliphatic heterocycles. The van der Waals surface area contributed by atoms with Gasteiger partial charge >= 0.3 is 0 Å². The fourth-order valence-electron chi connectivity index (χ4n) is 1.27. The molecule has 74 valence electrons. The van der Waals surface area contributed by atoms with Crippen LogP contribution < -0.4 is 5.73 Å². The molecular weight excluding hydrogens is 182 g/mol. The number of rotatable bonds is 5. The molecule has 0 aliphatic carbocycles. The molecule has 1 atom stereocenters. The van der Waals surface area contributed by atoms with Gasteiger partial charge in [0.2, 0.25) is 0 Å². The van der Waals surface area contributed by atoms with Gasteiger partial charge in [-0.05, 0) is 23.4 Å². The van der Waals surface area contributed by atoms with Crippen molar-refractivity contribution in [2.45, 2.75) is 38.8 Å². The molecule has 1 unspecified atom stereocenters. The fourth-order valence-corrected chi connectivity index (χ4v) is 2.07. The Morgan fingerprint density at radius 2 is 2.38 bits per heavy atom. The Labute approximate surface area is 83.4 Å². The molecule has 0 aliphatic rings. The number of unbranched alkanes of at least 4 members (excludes halogenated alkanes) is 1. The Hall–Kier alpha value is -0.380. The lowest BCUT2D eigenvalue weighted by atomic mass is 10.1. The summed E-state index contributed by atoms with van der Waals surface area (Å²) in [5, 5.41) is 10.9. The van der Waals surface area contributed by atoms with Gasteiger partial charge in [0, 0.05) is 10.9 Å². The van der Waals surface area contributed by atoms with Gasteiger partial charge in [0.25, 0.3) is 0 Å². The molecule has 2 nitrogen and oxygen atoms in total. The van der Waals surface area contributed by atoms with Crippen molar-refractivity contribution in [1.29, 1.82) is 0 Å². The second kappa shape index (κ2) is 5.37. The smallest absolute Gasteiger partial charge is 0.0774 e. The first kappa shape index (κ1) is 10.7. The zero-order valence-electron chi connectivity index (χ0n) is 7.99. The summed E-state index contributed by atoms with van der Waals surface area (Å²) in [6.45, 7) is 2.30. The number of aliphatic hydroxyl groups is 1. The first-order valence-electron chi connectivity index (χ1n) is 4.71. The summed E-state index contributed by atoms with van der Waals surface area (Å²) >= 11 is 1.58. The lowest BCUT2D eigenvalue weighted by Gasteiger charge is -2.07. The highest BCUT2D eigenvalue weighted by molar-refractivity contribution is 7.10. The SMILES string of the molecule is CCCCC(N)c1csc(CO)c1. The second-order valence-corrected chi connectivity index (χ2v) is 4.25. The molecule has 0 saturated carbocycles. The molecule has 0 amide bonds. The normalized spacial score (nSPS) is 13.2. The maximum atomic E-state index is 8.88. The van der Waals surface area contributed by atoms with Crippen LogP contribution in [0.2, 0.25) is 0 Å². The highest BCUT2D eigenvalue weighted by atomic mass is 32.1. The van der Waals surface area contributed by atoms with Crippen LogP contribution >= 0.6 is 11.3 Å². The van der Waals surface area contributed by atoms with E-state index in [1.54, 1.807) is 11.3 Å². The zero-order chi connectivity index (χ0) is 9.68. The Kier molecular flexibility index (Phi) is 4.42. The van der Waals surface area contributed by atoms with Crippen LogP contribution in [0.25, 0.3) is 0 Å². The average Bonchev–Trinajstić information content (AvgIpc) is 2.62. The summed E-state index contributed by atoms with van der Waals surface area (Å²) in [6, 6.07) is 2.15. The average molecular weight is 199 g/mol. The van der Waals surface area contributed by atoms with Crippen molar-refractivity contribution < 1.29 is 5.11 Å². The highest BCUT2D eigenvalue weighted by Gasteiger charge is 2.07. The van der Waals surface area contributed by atoms with Crippen LogP contribution in [0.15, 0.2) is 11.4 Å². The zero-order valence-corrected chi connectivity index (χ0v) is 8.81. The van der Waals surface area contributed by atoms with E-state index in [1.807, 2.05) is 11.4 Å². The van der Waals surface area contributed by atoms with E-state index in [0.717, 1.165) is 11.3 Å². The molecule has 1 aromatic rings. The van der Waals surface area contributed by atoms with Crippen molar-refractivity contribution in [3.63, 3.8) is 0 Å². The molecule has 0 radical (unpaired) electrons. The molecule has 1 heterocycles. The standard InChI is InChI=1S/C10H17NOS/c1-2-3-4-10(11)8-5-9(6-12)13-7-8/h5,7,10,12H,2-4,6,11H2,1H3. The van der Waals surface area contributed by atoms with Crippen molar-refractivity contribution in [3.8, 4) is 0 Å². The minimum absolute atomic E-state index is 0.130. The molecule has 1 aromatic heterocycles. The van der Waals surface area contributed by atoms with Crippen LogP contribution in [0, 0.1) is 0 Å². The first-order chi connectivity index (χ1) is 6.27. The molecule has 0 saturated heterocycles. The van der Waals surface area contributed by atoms with Crippen LogP contribution in [-0.2, 0) is 6.61 Å². The van der Waals surface area contributed by atoms with Crippen molar-refractivity contribution in [2.75, 3.05) is 0 Å². The van der Waals surface area contributed by atoms with Gasteiger partial charge in [0.1, 0.15) is 0 Å². The number of hydrogen-bond donors (Lipinski definition) is 2. The highest BCUT2D eigenvalue weighted by Crippen LogP contribution is 2.22. The predicted molar refractivity (Wildman–Crippen MR) is 56.7 cm³/mol. The van der Waals surface area contributed by atoms with E-state index in [2.05, 4.69) is 6.92 Å². The number of nitrogens with two attached hydrogens (primary N) is 1. The van der Waals surface area contributed by atoms with Crippen molar-refractivity contribution >= 4 is 11.3 Å². The number of aliphatic hydroxyl groups excluding tert-OH is 1. The van der Waals surface area contributed by atoms with E-state index in [-0.39, 0.29) is 12.6 Å². The Morgan fingerprint density at radius 3 is 2.92 bits per heavy atom. The van der Waals surface area contributed by atoms with E-state index >= 15 is 0 Å². The van der Waals surface area contributed by atoms with Gasteiger partial charge in [-0.15, -0.1) is 11.3 Å². The summed E-state index contributed by atoms with van der Waals surface area (Å²) in [5.74, 6) is 0. The van der Waals surface area contributed by atoms with Crippen LogP contribution in [0.1, 0.15) is 42.7 Å². The van der Waals surface area contributed by atoms with Gasteiger partial charge in [-0.2, -0.15) is 0 Å². The third-order valence-electron chi connectivity index (χ3n) is 2.13. The molecule has 0 aromatic carbocycles. The van der Waals surface area contributed by atoms with E-state index in [1.165, 1.54) is 18.4 Å². The largest absolute Gasteiger partial charge is 0.391 e. The van der Waals surface area contributed by atoms with Gasteiger partial charge in [-0.1, -0.05) is 19.8 Å². The molecular formula is C10H17NOS. The van der Waals surface area contributed by atoms with Crippen molar-refractivity contribution in [3.05, 3.63) is 21.9 Å². The lowest BCUT2D eigenvalue weighted by molar-refractivity contribution is 0.285. The Bertz CT molecular complexity index is 247. The van der Waals surface area contributed by atoms with E-state index < -0.39 is 0 Å². The summed E-state index contributed by atoms with van der Waals surface area (Å²) in [6.07, 6.45) is 3.40. The second-order valence-electron chi connectivity index (χ2n) is 3.25. The Balaban J connectivity index is 2.50. The van der Waals surface area contributed by atoms with Crippen LogP contribution in [0.5, 0.6) is 0 Å². The maximum Gasteiger partial charge on any atom is 0.0774 e. The van der Waals surface area contributed by atoms with Crippen LogP contribution in [0.4, 0.5) is 0 Å². The monoisotopic (exact) mass is 199 g/mol. The van der Waals surface area contributed by atoms with Gasteiger partial charge in [-0.3, -0.25) is 0 Å². The van der Waals surface area contributed by atoms with Crippen LogP contribution in [-0.4, -0.2) is 5.11 Å². The summed E-state index contributed by atoms with van der Waals surface area (Å²) < 4.78 is 0. The third kappa shape index (κ3) is 3.10. The van der Waals surface area contributed by atoms with Crippen molar-refractivity contribution in [1.82, 2.24) is 0 Å². The summed E-state index contributed by atoms with van der Waals surface area (Å²) in [7, 11) is 0. The maximum absolute atomic E-state index is 8.88.